The van der Waals surface area contributed by atoms with Crippen LogP contribution in [0.4, 0.5) is 0 Å². The van der Waals surface area contributed by atoms with E-state index in [0.29, 0.717) is 0 Å². The Morgan fingerprint density at radius 2 is 1.27 bits per heavy atom. The first-order valence-electron chi connectivity index (χ1n) is 8.22. The highest BCUT2D eigenvalue weighted by molar-refractivity contribution is 5.84. The maximum absolute atomic E-state index is 2.37. The van der Waals surface area contributed by atoms with Gasteiger partial charge in [-0.1, -0.05) is 71.9 Å². The molecule has 0 saturated heterocycles. The summed E-state index contributed by atoms with van der Waals surface area (Å²) in [6.45, 7) is 15.9. The fourth-order valence-corrected chi connectivity index (χ4v) is 3.27. The Hall–Kier alpha value is -1.56. The number of benzene rings is 2. The van der Waals surface area contributed by atoms with E-state index in [2.05, 4.69) is 85.2 Å². The molecule has 0 aromatic heterocycles. The third-order valence-corrected chi connectivity index (χ3v) is 4.73. The lowest BCUT2D eigenvalue weighted by molar-refractivity contribution is 0.589. The summed E-state index contributed by atoms with van der Waals surface area (Å²) in [5.74, 6) is 0. The number of aryl methyl sites for hydroxylation is 1. The summed E-state index contributed by atoms with van der Waals surface area (Å²) in [6, 6.07) is 11.7. The SMILES string of the molecule is Cc1cc(C(C)(C)C)cc2c1-c1ccc(C(C)(C)C)cc1[CH]2. The van der Waals surface area contributed by atoms with Crippen LogP contribution in [0.3, 0.4) is 0 Å². The molecule has 115 valence electrons. The van der Waals surface area contributed by atoms with Crippen LogP contribution in [0.25, 0.3) is 11.1 Å². The first-order valence-corrected chi connectivity index (χ1v) is 8.22. The highest BCUT2D eigenvalue weighted by Gasteiger charge is 2.25. The van der Waals surface area contributed by atoms with Crippen LogP contribution in [0.1, 0.15) is 69.4 Å². The molecule has 1 aliphatic carbocycles. The molecule has 1 aliphatic rings. The molecule has 0 aliphatic heterocycles. The van der Waals surface area contributed by atoms with Crippen molar-refractivity contribution in [3.05, 3.63) is 64.6 Å². The molecule has 0 atom stereocenters. The van der Waals surface area contributed by atoms with Crippen LogP contribution in [0.15, 0.2) is 30.3 Å². The average molecular weight is 291 g/mol. The summed E-state index contributed by atoms with van der Waals surface area (Å²) in [5.41, 5.74) is 10.2. The molecule has 0 unspecified atom stereocenters. The number of hydrogen-bond donors (Lipinski definition) is 0. The van der Waals surface area contributed by atoms with Gasteiger partial charge in [-0.2, -0.15) is 0 Å². The van der Waals surface area contributed by atoms with Gasteiger partial charge < -0.3 is 0 Å². The van der Waals surface area contributed by atoms with Crippen molar-refractivity contribution in [2.75, 3.05) is 0 Å². The van der Waals surface area contributed by atoms with E-state index in [1.54, 1.807) is 0 Å². The first-order chi connectivity index (χ1) is 10.1. The number of fused-ring (bicyclic) bond motifs is 3. The van der Waals surface area contributed by atoms with Crippen molar-refractivity contribution in [2.45, 2.75) is 59.3 Å². The first kappa shape index (κ1) is 15.3. The van der Waals surface area contributed by atoms with Crippen molar-refractivity contribution in [3.8, 4) is 11.1 Å². The van der Waals surface area contributed by atoms with Gasteiger partial charge in [-0.25, -0.2) is 0 Å². The van der Waals surface area contributed by atoms with Gasteiger partial charge in [-0.05, 0) is 56.7 Å². The predicted octanol–water partition coefficient (Wildman–Crippen LogP) is 6.17. The third-order valence-electron chi connectivity index (χ3n) is 4.73. The van der Waals surface area contributed by atoms with Gasteiger partial charge in [0.05, 0.1) is 0 Å². The molecule has 0 amide bonds. The maximum atomic E-state index is 2.37. The van der Waals surface area contributed by atoms with Crippen molar-refractivity contribution >= 4 is 0 Å². The predicted molar refractivity (Wildman–Crippen MR) is 96.5 cm³/mol. The highest BCUT2D eigenvalue weighted by atomic mass is 14.3. The zero-order valence-corrected chi connectivity index (χ0v) is 15.0. The highest BCUT2D eigenvalue weighted by Crippen LogP contribution is 2.43. The van der Waals surface area contributed by atoms with E-state index >= 15 is 0 Å². The minimum atomic E-state index is 0.193. The summed E-state index contributed by atoms with van der Waals surface area (Å²) in [4.78, 5) is 0. The van der Waals surface area contributed by atoms with Gasteiger partial charge >= 0.3 is 0 Å². The molecule has 0 N–H and O–H groups in total. The van der Waals surface area contributed by atoms with Crippen LogP contribution in [-0.4, -0.2) is 0 Å². The second-order valence-electron chi connectivity index (χ2n) is 8.70. The molecule has 0 heteroatoms. The summed E-state index contributed by atoms with van der Waals surface area (Å²) in [5, 5.41) is 0. The summed E-state index contributed by atoms with van der Waals surface area (Å²) in [6.07, 6.45) is 2.36. The van der Waals surface area contributed by atoms with Gasteiger partial charge in [-0.15, -0.1) is 0 Å². The second kappa shape index (κ2) is 4.72. The zero-order chi connectivity index (χ0) is 16.3. The average Bonchev–Trinajstić information content (AvgIpc) is 2.74. The van der Waals surface area contributed by atoms with Gasteiger partial charge in [0, 0.05) is 6.42 Å². The van der Waals surface area contributed by atoms with Crippen LogP contribution in [-0.2, 0) is 10.8 Å². The lowest BCUT2D eigenvalue weighted by atomic mass is 9.83. The van der Waals surface area contributed by atoms with E-state index in [1.165, 1.54) is 38.9 Å². The molecule has 0 bridgehead atoms. The van der Waals surface area contributed by atoms with Crippen LogP contribution in [0.5, 0.6) is 0 Å². The van der Waals surface area contributed by atoms with Crippen LogP contribution in [0.2, 0.25) is 0 Å². The lowest BCUT2D eigenvalue weighted by Crippen LogP contribution is -2.11. The minimum Gasteiger partial charge on any atom is -0.0579 e. The largest absolute Gasteiger partial charge is 0.0579 e. The summed E-state index contributed by atoms with van der Waals surface area (Å²) < 4.78 is 0. The monoisotopic (exact) mass is 291 g/mol. The van der Waals surface area contributed by atoms with E-state index in [9.17, 15) is 0 Å². The molecule has 3 rings (SSSR count). The molecule has 0 fully saturated rings. The van der Waals surface area contributed by atoms with Crippen molar-refractivity contribution in [1.82, 2.24) is 0 Å². The van der Waals surface area contributed by atoms with Gasteiger partial charge in [0.25, 0.3) is 0 Å². The van der Waals surface area contributed by atoms with Gasteiger partial charge in [0.15, 0.2) is 0 Å². The molecular formula is C22H27. The van der Waals surface area contributed by atoms with Gasteiger partial charge in [0.2, 0.25) is 0 Å². The van der Waals surface area contributed by atoms with Crippen molar-refractivity contribution in [3.63, 3.8) is 0 Å². The van der Waals surface area contributed by atoms with E-state index < -0.39 is 0 Å². The number of hydrogen-bond acceptors (Lipinski definition) is 0. The van der Waals surface area contributed by atoms with E-state index in [-0.39, 0.29) is 10.8 Å². The molecule has 0 nitrogen and oxygen atoms in total. The Bertz CT molecular complexity index is 734. The molecule has 0 heterocycles. The molecule has 2 aromatic rings. The third kappa shape index (κ3) is 2.49. The quantitative estimate of drug-likeness (QED) is 0.464. The van der Waals surface area contributed by atoms with Crippen LogP contribution in [0, 0.1) is 13.3 Å². The number of rotatable bonds is 0. The molecular weight excluding hydrogens is 264 g/mol. The molecule has 2 aromatic carbocycles. The lowest BCUT2D eigenvalue weighted by Gasteiger charge is -2.21. The molecule has 22 heavy (non-hydrogen) atoms. The second-order valence-corrected chi connectivity index (χ2v) is 8.70. The summed E-state index contributed by atoms with van der Waals surface area (Å²) in [7, 11) is 0. The molecule has 1 radical (unpaired) electrons. The van der Waals surface area contributed by atoms with Crippen LogP contribution >= 0.6 is 0 Å². The normalized spacial score (nSPS) is 14.0. The Morgan fingerprint density at radius 3 is 1.86 bits per heavy atom. The minimum absolute atomic E-state index is 0.193. The van der Waals surface area contributed by atoms with Crippen molar-refractivity contribution in [2.24, 2.45) is 0 Å². The van der Waals surface area contributed by atoms with E-state index in [0.717, 1.165) is 0 Å². The van der Waals surface area contributed by atoms with Crippen LogP contribution < -0.4 is 0 Å². The fourth-order valence-electron chi connectivity index (χ4n) is 3.27. The maximum Gasteiger partial charge on any atom is 0.0212 e. The Morgan fingerprint density at radius 1 is 0.682 bits per heavy atom. The van der Waals surface area contributed by atoms with Crippen molar-refractivity contribution in [1.29, 1.82) is 0 Å². The summed E-state index contributed by atoms with van der Waals surface area (Å²) >= 11 is 0. The molecule has 0 saturated carbocycles. The van der Waals surface area contributed by atoms with Crippen molar-refractivity contribution < 1.29 is 0 Å². The zero-order valence-electron chi connectivity index (χ0n) is 15.0. The Balaban J connectivity index is 2.13. The standard InChI is InChI=1S/C22H27/c1-14-10-18(22(5,6)7)13-16-11-15-12-17(21(2,3)4)8-9-19(15)20(14)16/h8-13H,1-7H3. The van der Waals surface area contributed by atoms with E-state index in [4.69, 9.17) is 0 Å². The van der Waals surface area contributed by atoms with Gasteiger partial charge in [-0.3, -0.25) is 0 Å². The molecule has 0 spiro atoms. The Labute approximate surface area is 135 Å². The Kier molecular flexibility index (Phi) is 3.29. The van der Waals surface area contributed by atoms with E-state index in [1.807, 2.05) is 0 Å². The topological polar surface area (TPSA) is 0 Å². The smallest absolute Gasteiger partial charge is 0.0212 e. The fraction of sp³-hybridized carbons (Fsp3) is 0.409. The van der Waals surface area contributed by atoms with Gasteiger partial charge in [0.1, 0.15) is 0 Å².